The molecule has 0 rings (SSSR count). The fourth-order valence-corrected chi connectivity index (χ4v) is 3.51. The first-order valence-corrected chi connectivity index (χ1v) is 11.4. The first-order chi connectivity index (χ1) is 11.2. The molecule has 0 spiro atoms. The first-order valence-electron chi connectivity index (χ1n) is 8.04. The van der Waals surface area contributed by atoms with Gasteiger partial charge in [-0.05, 0) is 19.0 Å². The molecule has 0 aromatic heterocycles. The van der Waals surface area contributed by atoms with E-state index in [1.807, 2.05) is 0 Å². The second-order valence-corrected chi connectivity index (χ2v) is 8.85. The van der Waals surface area contributed by atoms with Gasteiger partial charge in [0.15, 0.2) is 0 Å². The minimum Gasteiger partial charge on any atom is -0.811 e. The van der Waals surface area contributed by atoms with Gasteiger partial charge in [0, 0.05) is 45.1 Å². The van der Waals surface area contributed by atoms with Crippen LogP contribution in [0.4, 0.5) is 0 Å². The van der Waals surface area contributed by atoms with E-state index in [0.717, 1.165) is 13.1 Å². The number of rotatable bonds is 16. The van der Waals surface area contributed by atoms with Crippen molar-refractivity contribution in [3.63, 3.8) is 0 Å². The fraction of sp³-hybridized carbons (Fsp3) is 1.00. The first kappa shape index (κ1) is 40.8. The fourth-order valence-electron chi connectivity index (χ4n) is 2.05. The minimum atomic E-state index is -4.77. The van der Waals surface area contributed by atoms with E-state index >= 15 is 0 Å². The Hall–Kier alpha value is 2.53. The van der Waals surface area contributed by atoms with Crippen LogP contribution in [0, 0.1) is 0 Å². The third-order valence-electron chi connectivity index (χ3n) is 3.27. The summed E-state index contributed by atoms with van der Waals surface area (Å²) < 4.78 is 21.7. The summed E-state index contributed by atoms with van der Waals surface area (Å²) in [6, 6.07) is 0. The second kappa shape index (κ2) is 24.2. The van der Waals surface area contributed by atoms with Crippen LogP contribution >= 0.6 is 15.2 Å². The van der Waals surface area contributed by atoms with Crippen molar-refractivity contribution in [2.75, 3.05) is 45.4 Å². The predicted octanol–water partition coefficient (Wildman–Crippen LogP) is -15.6. The molecular weight excluding hydrogens is 386 g/mol. The summed E-state index contributed by atoms with van der Waals surface area (Å²) in [6.07, 6.45) is 0.584. The normalized spacial score (nSPS) is 12.0. The van der Waals surface area contributed by atoms with Gasteiger partial charge in [-0.15, -0.1) is 0 Å². The van der Waals surface area contributed by atoms with Crippen LogP contribution in [0.25, 0.3) is 0 Å². The Morgan fingerprint density at radius 1 is 0.750 bits per heavy atom. The van der Waals surface area contributed by atoms with Gasteiger partial charge in [0.1, 0.15) is 0 Å². The van der Waals surface area contributed by atoms with Crippen LogP contribution in [-0.4, -0.2) is 51.2 Å². The average molecular weight is 414 g/mol. The molecule has 0 aliphatic heterocycles. The molecule has 0 saturated carbocycles. The molecule has 0 fully saturated rings. The zero-order chi connectivity index (χ0) is 18.5. The number of nitrogens with two attached hydrogens (primary N) is 1. The third kappa shape index (κ3) is 28.5. The number of hydrogen-bond donors (Lipinski definition) is 4. The van der Waals surface area contributed by atoms with Gasteiger partial charge < -0.3 is 50.4 Å². The van der Waals surface area contributed by atoms with Gasteiger partial charge >= 0.3 is 75.4 Å². The quantitative estimate of drug-likeness (QED) is 0.107. The molecule has 1 atom stereocenters. The van der Waals surface area contributed by atoms with Crippen molar-refractivity contribution in [1.82, 2.24) is 16.0 Å². The molecular formula is C12H28Li4N4O6P2. The molecule has 0 bridgehead atoms. The number of nitrogens with one attached hydrogen (secondary N) is 3. The monoisotopic (exact) mass is 414 g/mol. The maximum atomic E-state index is 11.2. The van der Waals surface area contributed by atoms with Crippen LogP contribution in [-0.2, 0) is 9.13 Å². The van der Waals surface area contributed by atoms with Crippen molar-refractivity contribution in [3.8, 4) is 0 Å². The zero-order valence-corrected chi connectivity index (χ0v) is 19.6. The molecule has 0 heterocycles. The van der Waals surface area contributed by atoms with E-state index in [-0.39, 0.29) is 88.3 Å². The Bertz CT molecular complexity index is 420. The van der Waals surface area contributed by atoms with E-state index in [0.29, 0.717) is 39.0 Å². The summed E-state index contributed by atoms with van der Waals surface area (Å²) in [4.78, 5) is 43.4. The van der Waals surface area contributed by atoms with Crippen molar-refractivity contribution in [2.45, 2.75) is 31.5 Å². The molecule has 5 N–H and O–H groups in total. The summed E-state index contributed by atoms with van der Waals surface area (Å²) in [7, 11) is -9.28. The molecule has 0 aromatic rings. The van der Waals surface area contributed by atoms with E-state index in [1.54, 1.807) is 0 Å². The Kier molecular flexibility index (Phi) is 35.3. The van der Waals surface area contributed by atoms with E-state index in [1.165, 1.54) is 0 Å². The Labute approximate surface area is 216 Å². The second-order valence-electron chi connectivity index (χ2n) is 5.48. The third-order valence-corrected chi connectivity index (χ3v) is 5.34. The van der Waals surface area contributed by atoms with Crippen molar-refractivity contribution >= 4 is 15.2 Å². The van der Waals surface area contributed by atoms with Gasteiger partial charge in [-0.2, -0.15) is 0 Å². The molecule has 10 nitrogen and oxygen atoms in total. The molecule has 16 heteroatoms. The van der Waals surface area contributed by atoms with E-state index in [9.17, 15) is 28.7 Å². The predicted molar refractivity (Wildman–Crippen MR) is 85.1 cm³/mol. The summed E-state index contributed by atoms with van der Waals surface area (Å²) in [6.45, 7) is 3.57. The Morgan fingerprint density at radius 2 is 1.25 bits per heavy atom. The summed E-state index contributed by atoms with van der Waals surface area (Å²) in [5, 5.41) is 8.88. The summed E-state index contributed by atoms with van der Waals surface area (Å²) in [5.41, 5.74) is 5.32. The number of hydrogen-bond acceptors (Lipinski definition) is 10. The molecule has 0 saturated heterocycles. The number of unbranched alkanes of at least 4 members (excludes halogenated alkanes) is 2. The summed E-state index contributed by atoms with van der Waals surface area (Å²) in [5.74, 6) is -1.18. The topological polar surface area (TPSA) is 188 Å². The maximum absolute atomic E-state index is 11.2. The van der Waals surface area contributed by atoms with Crippen LogP contribution in [0.5, 0.6) is 0 Å². The van der Waals surface area contributed by atoms with Crippen LogP contribution in [0.15, 0.2) is 0 Å². The average Bonchev–Trinajstić information content (AvgIpc) is 2.45. The van der Waals surface area contributed by atoms with Crippen molar-refractivity contribution in [1.29, 1.82) is 0 Å². The van der Waals surface area contributed by atoms with Gasteiger partial charge in [0.2, 0.25) is 0 Å². The van der Waals surface area contributed by atoms with Gasteiger partial charge in [-0.25, -0.2) is 0 Å². The van der Waals surface area contributed by atoms with Crippen molar-refractivity contribution in [3.05, 3.63) is 0 Å². The molecule has 0 radical (unpaired) electrons. The minimum absolute atomic E-state index is 0. The van der Waals surface area contributed by atoms with Gasteiger partial charge in [0.25, 0.3) is 0 Å². The standard InChI is InChI=1S/C12H32N4O6P2.4Li/c13-5-6-14-7-8-15-9-10-16-12(24(20,21)22)4-2-1-3-11-23(17,18)19;;;;/h12,14-16H,1-11,13H2,(H2,17,18,19)(H2,20,21,22);;;;/q;4*+1/p-4. The largest absolute Gasteiger partial charge is 1.00 e. The molecule has 1 unspecified atom stereocenters. The van der Waals surface area contributed by atoms with Gasteiger partial charge in [0.05, 0.1) is 0 Å². The van der Waals surface area contributed by atoms with E-state index in [2.05, 4.69) is 16.0 Å². The zero-order valence-electron chi connectivity index (χ0n) is 17.8. The van der Waals surface area contributed by atoms with Crippen LogP contribution in [0.1, 0.15) is 25.7 Å². The molecule has 0 aromatic carbocycles. The Balaban J connectivity index is -0.000000441. The molecule has 0 aliphatic carbocycles. The van der Waals surface area contributed by atoms with Crippen molar-refractivity contribution < 1.29 is 104 Å². The van der Waals surface area contributed by atoms with Gasteiger partial charge in [-0.3, -0.25) is 0 Å². The molecule has 146 valence electrons. The Morgan fingerprint density at radius 3 is 1.71 bits per heavy atom. The van der Waals surface area contributed by atoms with Gasteiger partial charge in [-0.1, -0.05) is 28.0 Å². The molecule has 0 amide bonds. The maximum Gasteiger partial charge on any atom is 1.00 e. The van der Waals surface area contributed by atoms with E-state index < -0.39 is 27.1 Å². The smallest absolute Gasteiger partial charge is 0.811 e. The SMILES string of the molecule is NCCNCCNCCNC(CCCCCP(=O)([O-])[O-])P(=O)([O-])[O-].[Li+].[Li+].[Li+].[Li+]. The van der Waals surface area contributed by atoms with E-state index in [4.69, 9.17) is 5.73 Å². The van der Waals surface area contributed by atoms with Crippen LogP contribution in [0.3, 0.4) is 0 Å². The van der Waals surface area contributed by atoms with Crippen LogP contribution in [0.2, 0.25) is 0 Å². The molecule has 28 heavy (non-hydrogen) atoms. The summed E-state index contributed by atoms with van der Waals surface area (Å²) >= 11 is 0. The van der Waals surface area contributed by atoms with Crippen molar-refractivity contribution in [2.24, 2.45) is 5.73 Å². The molecule has 0 aliphatic rings. The van der Waals surface area contributed by atoms with Crippen LogP contribution < -0.4 is 117 Å².